The van der Waals surface area contributed by atoms with E-state index in [1.165, 1.54) is 10.9 Å². The molecule has 0 fully saturated rings. The largest absolute Gasteiger partial charge is 0.497 e. The molecule has 0 spiro atoms. The summed E-state index contributed by atoms with van der Waals surface area (Å²) in [5, 5.41) is 1.28. The predicted molar refractivity (Wildman–Crippen MR) is 126 cm³/mol. The first-order chi connectivity index (χ1) is 14.4. The molecule has 0 N–H and O–H groups in total. The molecule has 0 saturated heterocycles. The fourth-order valence-corrected chi connectivity index (χ4v) is 5.41. The Morgan fingerprint density at radius 2 is 1.67 bits per heavy atom. The molecule has 0 aliphatic carbocycles. The number of nitrogens with zero attached hydrogens (tertiary/aromatic N) is 1. The highest BCUT2D eigenvalue weighted by Crippen LogP contribution is 2.53. The summed E-state index contributed by atoms with van der Waals surface area (Å²) in [5.41, 5.74) is 2.47. The lowest BCUT2D eigenvalue weighted by Crippen LogP contribution is -2.25. The third-order valence-corrected chi connectivity index (χ3v) is 7.62. The maximum atomic E-state index is 6.04. The molecular formula is C24H36NO4P. The maximum Gasteiger partial charge on any atom is 0.188 e. The summed E-state index contributed by atoms with van der Waals surface area (Å²) in [4.78, 5) is 2.21. The number of hydrogen-bond acceptors (Lipinski definition) is 5. The Bertz CT molecular complexity index is 806. The molecule has 1 atom stereocenters. The molecule has 5 nitrogen and oxygen atoms in total. The summed E-state index contributed by atoms with van der Waals surface area (Å²) in [6.45, 7) is 5.58. The summed E-state index contributed by atoms with van der Waals surface area (Å²) in [6.07, 6.45) is 1.94. The summed E-state index contributed by atoms with van der Waals surface area (Å²) in [7, 11) is 9.76. The number of ether oxygens (including phenoxy) is 4. The second kappa shape index (κ2) is 11.5. The Hall–Kier alpha value is -1.81. The minimum Gasteiger partial charge on any atom is -0.497 e. The third-order valence-electron chi connectivity index (χ3n) is 5.41. The first kappa shape index (κ1) is 24.5. The van der Waals surface area contributed by atoms with Crippen molar-refractivity contribution in [3.05, 3.63) is 47.5 Å². The van der Waals surface area contributed by atoms with Crippen LogP contribution in [-0.4, -0.2) is 47.1 Å². The van der Waals surface area contributed by atoms with Crippen LogP contribution in [0.2, 0.25) is 0 Å². The van der Waals surface area contributed by atoms with Crippen LogP contribution in [0.4, 0.5) is 0 Å². The lowest BCUT2D eigenvalue weighted by molar-refractivity contribution is 0.0478. The lowest BCUT2D eigenvalue weighted by Gasteiger charge is -2.35. The zero-order valence-electron chi connectivity index (χ0n) is 19.4. The zero-order valence-corrected chi connectivity index (χ0v) is 20.4. The predicted octanol–water partition coefficient (Wildman–Crippen LogP) is 4.77. The summed E-state index contributed by atoms with van der Waals surface area (Å²) in [6, 6.07) is 12.7. The molecule has 0 saturated carbocycles. The minimum absolute atomic E-state index is 0.104. The summed E-state index contributed by atoms with van der Waals surface area (Å²) < 4.78 is 22.5. The second-order valence-corrected chi connectivity index (χ2v) is 9.31. The molecule has 0 amide bonds. The highest BCUT2D eigenvalue weighted by atomic mass is 31.1. The summed E-state index contributed by atoms with van der Waals surface area (Å²) in [5.74, 6) is 2.17. The Morgan fingerprint density at radius 1 is 0.967 bits per heavy atom. The quantitative estimate of drug-likeness (QED) is 0.356. The van der Waals surface area contributed by atoms with E-state index in [9.17, 15) is 0 Å². The van der Waals surface area contributed by atoms with Crippen molar-refractivity contribution in [1.29, 1.82) is 0 Å². The number of methoxy groups -OCH3 is 3. The topological polar surface area (TPSA) is 40.2 Å². The fourth-order valence-electron chi connectivity index (χ4n) is 3.72. The van der Waals surface area contributed by atoms with Crippen LogP contribution in [0, 0.1) is 0 Å². The van der Waals surface area contributed by atoms with Crippen molar-refractivity contribution >= 4 is 13.9 Å². The molecule has 6 heteroatoms. The van der Waals surface area contributed by atoms with Gasteiger partial charge >= 0.3 is 0 Å². The van der Waals surface area contributed by atoms with E-state index in [2.05, 4.69) is 63.2 Å². The molecule has 0 aliphatic rings. The van der Waals surface area contributed by atoms with Gasteiger partial charge in [-0.1, -0.05) is 46.7 Å². The van der Waals surface area contributed by atoms with E-state index in [-0.39, 0.29) is 11.9 Å². The fraction of sp³-hybridized carbons (Fsp3) is 0.500. The van der Waals surface area contributed by atoms with E-state index in [4.69, 9.17) is 18.9 Å². The molecule has 2 aromatic rings. The van der Waals surface area contributed by atoms with Crippen LogP contribution in [0.15, 0.2) is 36.4 Å². The third kappa shape index (κ3) is 5.66. The van der Waals surface area contributed by atoms with Crippen molar-refractivity contribution in [3.8, 4) is 17.2 Å². The molecule has 0 heterocycles. The molecule has 2 aromatic carbocycles. The van der Waals surface area contributed by atoms with E-state index in [0.717, 1.165) is 36.4 Å². The zero-order chi connectivity index (χ0) is 22.1. The van der Waals surface area contributed by atoms with Crippen molar-refractivity contribution in [2.45, 2.75) is 38.4 Å². The van der Waals surface area contributed by atoms with E-state index >= 15 is 0 Å². The normalized spacial score (nSPS) is 12.0. The van der Waals surface area contributed by atoms with Gasteiger partial charge in [-0.25, -0.2) is 0 Å². The number of hydrogen-bond donors (Lipinski definition) is 0. The number of rotatable bonds is 12. The molecule has 30 heavy (non-hydrogen) atoms. The van der Waals surface area contributed by atoms with Crippen molar-refractivity contribution in [2.75, 3.05) is 42.2 Å². The molecule has 0 bridgehead atoms. The average molecular weight is 434 g/mol. The second-order valence-electron chi connectivity index (χ2n) is 7.57. The smallest absolute Gasteiger partial charge is 0.188 e. The first-order valence-corrected chi connectivity index (χ1v) is 11.3. The van der Waals surface area contributed by atoms with Gasteiger partial charge in [-0.05, 0) is 43.9 Å². The van der Waals surface area contributed by atoms with Crippen LogP contribution in [0.1, 0.15) is 37.8 Å². The molecule has 2 rings (SSSR count). The van der Waals surface area contributed by atoms with Crippen LogP contribution in [0.25, 0.3) is 0 Å². The highest BCUT2D eigenvalue weighted by Gasteiger charge is 2.35. The van der Waals surface area contributed by atoms with Crippen LogP contribution in [0.3, 0.4) is 0 Å². The van der Waals surface area contributed by atoms with Gasteiger partial charge in [0.1, 0.15) is 5.75 Å². The standard InChI is InChI=1S/C24H36NO4P/c1-8-24(9-2,30-22-13-11-10-12-18(22)16-25(3)4)20-14-19(27-6)15-21(28-7)23(20)29-17-26-5/h10-15,30H,8-9,16-17H2,1-7H3. The van der Waals surface area contributed by atoms with Gasteiger partial charge in [0, 0.05) is 30.4 Å². The molecule has 0 radical (unpaired) electrons. The first-order valence-electron chi connectivity index (χ1n) is 10.3. The van der Waals surface area contributed by atoms with Gasteiger partial charge in [0.2, 0.25) is 0 Å². The van der Waals surface area contributed by atoms with Crippen LogP contribution in [-0.2, 0) is 16.4 Å². The van der Waals surface area contributed by atoms with E-state index < -0.39 is 0 Å². The molecule has 166 valence electrons. The van der Waals surface area contributed by atoms with Crippen LogP contribution >= 0.6 is 8.58 Å². The van der Waals surface area contributed by atoms with Gasteiger partial charge in [-0.15, -0.1) is 0 Å². The monoisotopic (exact) mass is 433 g/mol. The molecular weight excluding hydrogens is 397 g/mol. The summed E-state index contributed by atoms with van der Waals surface area (Å²) >= 11 is 0. The van der Waals surface area contributed by atoms with Gasteiger partial charge in [0.05, 0.1) is 14.2 Å². The highest BCUT2D eigenvalue weighted by molar-refractivity contribution is 7.48. The maximum absolute atomic E-state index is 6.04. The van der Waals surface area contributed by atoms with Gasteiger partial charge in [-0.3, -0.25) is 0 Å². The minimum atomic E-state index is -0.104. The Kier molecular flexibility index (Phi) is 9.41. The average Bonchev–Trinajstić information content (AvgIpc) is 2.76. The van der Waals surface area contributed by atoms with Crippen LogP contribution < -0.4 is 19.5 Å². The van der Waals surface area contributed by atoms with Gasteiger partial charge in [-0.2, -0.15) is 0 Å². The SMILES string of the molecule is CCC(CC)(Pc1ccccc1CN(C)C)c1cc(OC)cc(OC)c1OCOC. The van der Waals surface area contributed by atoms with Crippen LogP contribution in [0.5, 0.6) is 17.2 Å². The van der Waals surface area contributed by atoms with Gasteiger partial charge in [0.25, 0.3) is 0 Å². The Balaban J connectivity index is 2.63. The van der Waals surface area contributed by atoms with Gasteiger partial charge in [0.15, 0.2) is 18.3 Å². The molecule has 0 aliphatic heterocycles. The van der Waals surface area contributed by atoms with E-state index in [1.807, 2.05) is 6.07 Å². The van der Waals surface area contributed by atoms with Crippen molar-refractivity contribution in [3.63, 3.8) is 0 Å². The van der Waals surface area contributed by atoms with Crippen molar-refractivity contribution in [2.24, 2.45) is 0 Å². The van der Waals surface area contributed by atoms with E-state index in [1.54, 1.807) is 21.3 Å². The van der Waals surface area contributed by atoms with Crippen molar-refractivity contribution < 1.29 is 18.9 Å². The Labute approximate surface area is 183 Å². The lowest BCUT2D eigenvalue weighted by atomic mass is 9.91. The number of benzene rings is 2. The van der Waals surface area contributed by atoms with Crippen molar-refractivity contribution in [1.82, 2.24) is 4.90 Å². The Morgan fingerprint density at radius 3 is 2.23 bits per heavy atom. The molecule has 1 unspecified atom stereocenters. The van der Waals surface area contributed by atoms with Gasteiger partial charge < -0.3 is 23.8 Å². The molecule has 0 aromatic heterocycles. The van der Waals surface area contributed by atoms with E-state index in [0.29, 0.717) is 14.3 Å².